The SMILES string of the molecule is O=C(CO/N=C\c1ccccc1F)N[C@H]1CCS(=O)(=O)C1. The van der Waals surface area contributed by atoms with Crippen LogP contribution in [0.4, 0.5) is 4.39 Å². The number of rotatable bonds is 5. The summed E-state index contributed by atoms with van der Waals surface area (Å²) >= 11 is 0. The quantitative estimate of drug-likeness (QED) is 0.633. The number of carbonyl (C=O) groups is 1. The lowest BCUT2D eigenvalue weighted by atomic mass is 10.2. The van der Waals surface area contributed by atoms with Crippen LogP contribution in [-0.4, -0.2) is 44.7 Å². The van der Waals surface area contributed by atoms with Gasteiger partial charge in [-0.05, 0) is 12.5 Å². The van der Waals surface area contributed by atoms with Gasteiger partial charge in [-0.2, -0.15) is 0 Å². The zero-order valence-electron chi connectivity index (χ0n) is 11.2. The molecule has 114 valence electrons. The van der Waals surface area contributed by atoms with E-state index in [4.69, 9.17) is 4.84 Å². The number of hydrogen-bond donors (Lipinski definition) is 1. The first-order chi connectivity index (χ1) is 9.96. The van der Waals surface area contributed by atoms with Gasteiger partial charge < -0.3 is 10.2 Å². The average Bonchev–Trinajstić information content (AvgIpc) is 2.76. The van der Waals surface area contributed by atoms with Gasteiger partial charge in [0.1, 0.15) is 5.82 Å². The van der Waals surface area contributed by atoms with E-state index in [9.17, 15) is 17.6 Å². The third-order valence-electron chi connectivity index (χ3n) is 2.96. The summed E-state index contributed by atoms with van der Waals surface area (Å²) in [5.41, 5.74) is 0.250. The molecule has 0 radical (unpaired) electrons. The third kappa shape index (κ3) is 4.82. The highest BCUT2D eigenvalue weighted by atomic mass is 32.2. The Morgan fingerprint density at radius 3 is 2.90 bits per heavy atom. The minimum absolute atomic E-state index is 0.0444. The molecule has 1 amide bonds. The van der Waals surface area contributed by atoms with Crippen LogP contribution < -0.4 is 5.32 Å². The molecule has 6 nitrogen and oxygen atoms in total. The van der Waals surface area contributed by atoms with Crippen molar-refractivity contribution in [3.05, 3.63) is 35.6 Å². The fraction of sp³-hybridized carbons (Fsp3) is 0.385. The Kier molecular flexibility index (Phi) is 4.89. The summed E-state index contributed by atoms with van der Waals surface area (Å²) in [7, 11) is -3.03. The van der Waals surface area contributed by atoms with Crippen LogP contribution in [0.1, 0.15) is 12.0 Å². The van der Waals surface area contributed by atoms with Gasteiger partial charge in [-0.3, -0.25) is 4.79 Å². The van der Waals surface area contributed by atoms with E-state index in [0.29, 0.717) is 6.42 Å². The molecule has 1 aliphatic rings. The van der Waals surface area contributed by atoms with Crippen molar-refractivity contribution in [2.24, 2.45) is 5.16 Å². The van der Waals surface area contributed by atoms with Crippen molar-refractivity contribution in [2.45, 2.75) is 12.5 Å². The molecule has 0 saturated carbocycles. The van der Waals surface area contributed by atoms with E-state index in [-0.39, 0.29) is 29.7 Å². The lowest BCUT2D eigenvalue weighted by molar-refractivity contribution is -0.126. The zero-order chi connectivity index (χ0) is 15.3. The maximum absolute atomic E-state index is 13.2. The van der Waals surface area contributed by atoms with Crippen LogP contribution in [0.25, 0.3) is 0 Å². The number of amides is 1. The van der Waals surface area contributed by atoms with E-state index in [1.54, 1.807) is 12.1 Å². The fourth-order valence-electron chi connectivity index (χ4n) is 1.95. The Balaban J connectivity index is 1.74. The van der Waals surface area contributed by atoms with Gasteiger partial charge in [0.15, 0.2) is 16.4 Å². The number of carbonyl (C=O) groups excluding carboxylic acids is 1. The van der Waals surface area contributed by atoms with Crippen molar-refractivity contribution in [3.8, 4) is 0 Å². The van der Waals surface area contributed by atoms with E-state index in [0.717, 1.165) is 0 Å². The second-order valence-corrected chi connectivity index (χ2v) is 6.93. The first-order valence-electron chi connectivity index (χ1n) is 6.36. The molecule has 0 aromatic heterocycles. The van der Waals surface area contributed by atoms with Gasteiger partial charge in [0.25, 0.3) is 5.91 Å². The van der Waals surface area contributed by atoms with Crippen LogP contribution in [0.2, 0.25) is 0 Å². The predicted octanol–water partition coefficient (Wildman–Crippen LogP) is 0.480. The van der Waals surface area contributed by atoms with Crippen LogP contribution in [0.5, 0.6) is 0 Å². The molecule has 1 aliphatic heterocycles. The maximum Gasteiger partial charge on any atom is 0.261 e. The second-order valence-electron chi connectivity index (χ2n) is 4.70. The molecule has 1 fully saturated rings. The summed E-state index contributed by atoms with van der Waals surface area (Å²) in [4.78, 5) is 16.3. The Bertz CT molecular complexity index is 645. The van der Waals surface area contributed by atoms with Gasteiger partial charge in [-0.25, -0.2) is 12.8 Å². The molecule has 0 aliphatic carbocycles. The number of sulfone groups is 1. The van der Waals surface area contributed by atoms with E-state index >= 15 is 0 Å². The van der Waals surface area contributed by atoms with Gasteiger partial charge in [0, 0.05) is 11.6 Å². The summed E-state index contributed by atoms with van der Waals surface area (Å²) in [5, 5.41) is 6.05. The normalized spacial score (nSPS) is 20.5. The monoisotopic (exact) mass is 314 g/mol. The molecular formula is C13H15FN2O4S. The van der Waals surface area contributed by atoms with Crippen molar-refractivity contribution in [1.29, 1.82) is 0 Å². The molecule has 0 unspecified atom stereocenters. The number of hydrogen-bond acceptors (Lipinski definition) is 5. The molecule has 2 rings (SSSR count). The molecule has 1 saturated heterocycles. The Morgan fingerprint density at radius 2 is 2.24 bits per heavy atom. The van der Waals surface area contributed by atoms with Crippen molar-refractivity contribution in [1.82, 2.24) is 5.32 Å². The minimum Gasteiger partial charge on any atom is -0.386 e. The third-order valence-corrected chi connectivity index (χ3v) is 4.73. The van der Waals surface area contributed by atoms with Gasteiger partial charge >= 0.3 is 0 Å². The largest absolute Gasteiger partial charge is 0.386 e. The molecular weight excluding hydrogens is 299 g/mol. The van der Waals surface area contributed by atoms with Crippen molar-refractivity contribution in [2.75, 3.05) is 18.1 Å². The Labute approximate surface area is 121 Å². The van der Waals surface area contributed by atoms with Gasteiger partial charge in [0.05, 0.1) is 17.7 Å². The molecule has 0 bridgehead atoms. The van der Waals surface area contributed by atoms with Crippen molar-refractivity contribution in [3.63, 3.8) is 0 Å². The summed E-state index contributed by atoms with van der Waals surface area (Å²) < 4.78 is 35.7. The molecule has 21 heavy (non-hydrogen) atoms. The number of oxime groups is 1. The molecule has 1 atom stereocenters. The number of benzene rings is 1. The second kappa shape index (κ2) is 6.66. The highest BCUT2D eigenvalue weighted by Gasteiger charge is 2.28. The molecule has 1 aromatic carbocycles. The van der Waals surface area contributed by atoms with E-state index in [2.05, 4.69) is 10.5 Å². The molecule has 1 N–H and O–H groups in total. The van der Waals surface area contributed by atoms with Crippen LogP contribution in [0, 0.1) is 5.82 Å². The maximum atomic E-state index is 13.2. The summed E-state index contributed by atoms with van der Waals surface area (Å²) in [6, 6.07) is 5.64. The Hall–Kier alpha value is -1.96. The van der Waals surface area contributed by atoms with Gasteiger partial charge in [-0.1, -0.05) is 23.4 Å². The smallest absolute Gasteiger partial charge is 0.261 e. The fourth-order valence-corrected chi connectivity index (χ4v) is 3.62. The van der Waals surface area contributed by atoms with Crippen LogP contribution in [0.15, 0.2) is 29.4 Å². The van der Waals surface area contributed by atoms with E-state index < -0.39 is 21.6 Å². The number of halogens is 1. The van der Waals surface area contributed by atoms with Gasteiger partial charge in [0.2, 0.25) is 0 Å². The van der Waals surface area contributed by atoms with E-state index in [1.807, 2.05) is 0 Å². The van der Waals surface area contributed by atoms with Crippen molar-refractivity contribution < 1.29 is 22.4 Å². The standard InChI is InChI=1S/C13H15FN2O4S/c14-12-4-2-1-3-10(12)7-15-20-8-13(17)16-11-5-6-21(18,19)9-11/h1-4,7,11H,5-6,8-9H2,(H,16,17)/b15-7-/t11-/m0/s1. The number of nitrogens with zero attached hydrogens (tertiary/aromatic N) is 1. The predicted molar refractivity (Wildman–Crippen MR) is 75.1 cm³/mol. The zero-order valence-corrected chi connectivity index (χ0v) is 12.0. The summed E-state index contributed by atoms with van der Waals surface area (Å²) in [6.45, 7) is -0.346. The summed E-state index contributed by atoms with van der Waals surface area (Å²) in [5.74, 6) is -0.852. The van der Waals surface area contributed by atoms with Crippen molar-refractivity contribution >= 4 is 22.0 Å². The minimum atomic E-state index is -3.03. The molecule has 1 aromatic rings. The lowest BCUT2D eigenvalue weighted by Gasteiger charge is -2.09. The molecule has 0 spiro atoms. The molecule has 8 heteroatoms. The topological polar surface area (TPSA) is 84.8 Å². The van der Waals surface area contributed by atoms with Crippen LogP contribution in [-0.2, 0) is 19.5 Å². The highest BCUT2D eigenvalue weighted by Crippen LogP contribution is 2.10. The van der Waals surface area contributed by atoms with E-state index in [1.165, 1.54) is 18.3 Å². The molecule has 1 heterocycles. The first kappa shape index (κ1) is 15.4. The summed E-state index contributed by atoms with van der Waals surface area (Å²) in [6.07, 6.45) is 1.58. The van der Waals surface area contributed by atoms with Crippen LogP contribution >= 0.6 is 0 Å². The van der Waals surface area contributed by atoms with Crippen LogP contribution in [0.3, 0.4) is 0 Å². The van der Waals surface area contributed by atoms with Gasteiger partial charge in [-0.15, -0.1) is 0 Å². The number of nitrogens with one attached hydrogen (secondary N) is 1. The lowest BCUT2D eigenvalue weighted by Crippen LogP contribution is -2.37. The highest BCUT2D eigenvalue weighted by molar-refractivity contribution is 7.91. The first-order valence-corrected chi connectivity index (χ1v) is 8.18. The average molecular weight is 314 g/mol. The Morgan fingerprint density at radius 1 is 1.48 bits per heavy atom.